The molecule has 4 aromatic rings. The van der Waals surface area contributed by atoms with Crippen LogP contribution < -0.4 is 4.90 Å². The van der Waals surface area contributed by atoms with E-state index in [1.165, 1.54) is 25.3 Å². The number of unbranched alkanes of at least 4 members (excludes halogenated alkanes) is 2. The van der Waals surface area contributed by atoms with Crippen molar-refractivity contribution in [3.63, 3.8) is 0 Å². The maximum Gasteiger partial charge on any atom is 0.303 e. The molecule has 0 spiro atoms. The second kappa shape index (κ2) is 18.3. The van der Waals surface area contributed by atoms with Crippen molar-refractivity contribution < 1.29 is 84.1 Å². The Hall–Kier alpha value is -4.67. The van der Waals surface area contributed by atoms with Gasteiger partial charge in [-0.25, -0.2) is 0 Å². The fourth-order valence-electron chi connectivity index (χ4n) is 9.34. The lowest BCUT2D eigenvalue weighted by Gasteiger charge is -2.31. The van der Waals surface area contributed by atoms with Crippen LogP contribution in [0.25, 0.3) is 21.5 Å². The molecule has 0 radical (unpaired) electrons. The van der Waals surface area contributed by atoms with E-state index in [-0.39, 0.29) is 66.1 Å². The minimum Gasteiger partial charge on any atom is -0.481 e. The number of hydrogen-bond acceptors (Lipinski definition) is 13. The third-order valence-electron chi connectivity index (χ3n) is 12.2. The lowest BCUT2D eigenvalue weighted by molar-refractivity contribution is -0.438. The number of carbonyl (C=O) groups is 1. The Kier molecular flexibility index (Phi) is 14.2. The van der Waals surface area contributed by atoms with E-state index in [1.807, 2.05) is 4.58 Å². The molecule has 1 unspecified atom stereocenters. The topological polar surface area (TPSA) is 325 Å². The number of benzene rings is 4. The summed E-state index contributed by atoms with van der Waals surface area (Å²) in [6, 6.07) is 9.26. The molecule has 2 aliphatic heterocycles. The van der Waals surface area contributed by atoms with Gasteiger partial charge >= 0.3 is 5.97 Å². The van der Waals surface area contributed by atoms with Gasteiger partial charge in [0.15, 0.2) is 5.71 Å². The number of hydrogen-bond donors (Lipinski definition) is 6. The summed E-state index contributed by atoms with van der Waals surface area (Å²) in [4.78, 5) is 9.81. The van der Waals surface area contributed by atoms with E-state index in [0.29, 0.717) is 59.7 Å². The molecule has 2 heterocycles. The van der Waals surface area contributed by atoms with Crippen LogP contribution in [0.3, 0.4) is 0 Å². The van der Waals surface area contributed by atoms with E-state index in [9.17, 15) is 74.8 Å². The lowest BCUT2D eigenvalue weighted by Crippen LogP contribution is -2.31. The van der Waals surface area contributed by atoms with Gasteiger partial charge in [-0.2, -0.15) is 46.7 Å². The zero-order valence-corrected chi connectivity index (χ0v) is 40.5. The van der Waals surface area contributed by atoms with Gasteiger partial charge in [0.2, 0.25) is 5.69 Å². The summed E-state index contributed by atoms with van der Waals surface area (Å²) >= 11 is 0. The number of aliphatic carboxylic acids is 1. The average Bonchev–Trinajstić information content (AvgIpc) is 3.56. The van der Waals surface area contributed by atoms with E-state index in [2.05, 4.69) is 0 Å². The third kappa shape index (κ3) is 10.5. The molecule has 0 fully saturated rings. The molecule has 25 heteroatoms. The van der Waals surface area contributed by atoms with Crippen molar-refractivity contribution in [3.8, 4) is 0 Å². The largest absolute Gasteiger partial charge is 0.481 e. The highest BCUT2D eigenvalue weighted by atomic mass is 32.2. The third-order valence-corrected chi connectivity index (χ3v) is 16.4. The average molecular weight is 1030 g/mol. The first kappa shape index (κ1) is 51.7. The lowest BCUT2D eigenvalue weighted by atomic mass is 9.75. The van der Waals surface area contributed by atoms with E-state index in [0.717, 1.165) is 12.1 Å². The van der Waals surface area contributed by atoms with Crippen molar-refractivity contribution in [2.45, 2.75) is 89.7 Å². The van der Waals surface area contributed by atoms with Crippen LogP contribution >= 0.6 is 0 Å². The van der Waals surface area contributed by atoms with E-state index in [4.69, 9.17) is 4.74 Å². The molecule has 2 aliphatic rings. The molecule has 0 aliphatic carbocycles. The summed E-state index contributed by atoms with van der Waals surface area (Å²) < 4.78 is 183. The second-order valence-electron chi connectivity index (χ2n) is 17.0. The molecular weight excluding hydrogens is 981 g/mol. The van der Waals surface area contributed by atoms with Crippen molar-refractivity contribution in [1.29, 1.82) is 0 Å². The minimum atomic E-state index is -5.12. The number of methoxy groups -OCH3 is 1. The molecule has 0 aromatic heterocycles. The maximum absolute atomic E-state index is 12.7. The minimum absolute atomic E-state index is 0.0272. The predicted octanol–water partition coefficient (Wildman–Crippen LogP) is 5.53. The fourth-order valence-corrected chi connectivity index (χ4v) is 12.5. The van der Waals surface area contributed by atoms with Crippen LogP contribution in [0.5, 0.6) is 0 Å². The highest BCUT2D eigenvalue weighted by molar-refractivity contribution is 7.87. The predicted molar refractivity (Wildman–Crippen MR) is 246 cm³/mol. The molecule has 67 heavy (non-hydrogen) atoms. The molecular formula is C42H49N2O18S5+. The first-order valence-corrected chi connectivity index (χ1v) is 27.8. The van der Waals surface area contributed by atoms with Gasteiger partial charge in [0.1, 0.15) is 16.3 Å². The number of nitrogens with zero attached hydrogens (tertiary/aromatic N) is 2. The van der Waals surface area contributed by atoms with E-state index >= 15 is 0 Å². The highest BCUT2D eigenvalue weighted by Crippen LogP contribution is 2.54. The number of carboxylic acids is 1. The number of ether oxygens (including phenoxy) is 1. The quantitative estimate of drug-likeness (QED) is 0.0382. The molecule has 0 saturated heterocycles. The number of anilines is 1. The van der Waals surface area contributed by atoms with Gasteiger partial charge in [-0.05, 0) is 105 Å². The van der Waals surface area contributed by atoms with Gasteiger partial charge in [-0.15, -0.1) is 0 Å². The molecule has 1 atom stereocenters. The van der Waals surface area contributed by atoms with Gasteiger partial charge in [0, 0.05) is 71.8 Å². The molecule has 0 bridgehead atoms. The second-order valence-corrected chi connectivity index (χ2v) is 24.2. The van der Waals surface area contributed by atoms with Gasteiger partial charge in [-0.3, -0.25) is 27.6 Å². The Morgan fingerprint density at radius 3 is 1.76 bits per heavy atom. The van der Waals surface area contributed by atoms with Crippen LogP contribution in [0.4, 0.5) is 11.4 Å². The SMILES string of the molecule is COCCN1C(=CC=CC2=[N+](CCCCCC(=O)O)c3ccc4c(S(=O)(=O)O)cc(S(=O)(=O)O)cc4c3C2(C)C)C(C)(CCCS(=O)(=O)O)c2c1ccc1c(S(=O)(=O)O)cc(S(=O)(=O)O)cc21. The normalized spacial score (nSPS) is 18.5. The van der Waals surface area contributed by atoms with Crippen LogP contribution in [0.2, 0.25) is 0 Å². The monoisotopic (exact) mass is 1030 g/mol. The number of carboxylic acid groups (broad SMARTS) is 1. The first-order chi connectivity index (χ1) is 30.8. The summed E-state index contributed by atoms with van der Waals surface area (Å²) in [7, 11) is -23.3. The van der Waals surface area contributed by atoms with Crippen LogP contribution in [0.15, 0.2) is 92.0 Å². The number of rotatable bonds is 19. The summed E-state index contributed by atoms with van der Waals surface area (Å²) in [5, 5.41) is 9.11. The summed E-state index contributed by atoms with van der Waals surface area (Å²) in [5.41, 5.74) is 0.142. The van der Waals surface area contributed by atoms with Crippen molar-refractivity contribution in [3.05, 3.63) is 83.6 Å². The standard InChI is InChI=1S/C42H48N2O18S5/c1-41(2)36(43(18-7-5-6-12-38(45)46)32-15-13-28-30(39(32)41)22-26(64(50,51)52)24-34(28)66(56,57)58)10-8-11-37-42(3,17-9-21-63(47,48)49)40-31-23-27(65(53,54)55)25-35(67(59,60)61)29(31)14-16-33(40)44(37)19-20-62-4/h8,10-11,13-16,22-25H,5-7,9,12,17-21H2,1-4H3,(H5-,45,46,47,48,49,50,51,52,53,54,55,56,57,58,59,60,61)/p+1. The van der Waals surface area contributed by atoms with Crippen LogP contribution in [0.1, 0.15) is 70.4 Å². The number of fused-ring (bicyclic) bond motifs is 6. The van der Waals surface area contributed by atoms with Crippen molar-refractivity contribution in [1.82, 2.24) is 0 Å². The smallest absolute Gasteiger partial charge is 0.303 e. The summed E-state index contributed by atoms with van der Waals surface area (Å²) in [6.45, 7) is 5.74. The molecule has 20 nitrogen and oxygen atoms in total. The highest BCUT2D eigenvalue weighted by Gasteiger charge is 2.47. The zero-order chi connectivity index (χ0) is 49.9. The zero-order valence-electron chi connectivity index (χ0n) is 36.4. The maximum atomic E-state index is 12.7. The van der Waals surface area contributed by atoms with Crippen LogP contribution in [-0.2, 0) is 71.0 Å². The van der Waals surface area contributed by atoms with Gasteiger partial charge in [-0.1, -0.05) is 12.1 Å². The Labute approximate surface area is 388 Å². The van der Waals surface area contributed by atoms with E-state index < -0.39 is 92.7 Å². The Balaban J connectivity index is 1.62. The van der Waals surface area contributed by atoms with Gasteiger partial charge in [0.25, 0.3) is 50.6 Å². The van der Waals surface area contributed by atoms with Crippen molar-refractivity contribution in [2.75, 3.05) is 37.5 Å². The Morgan fingerprint density at radius 2 is 1.25 bits per heavy atom. The fraction of sp³-hybridized carbons (Fsp3) is 0.381. The van der Waals surface area contributed by atoms with E-state index in [1.54, 1.807) is 50.0 Å². The molecule has 0 amide bonds. The molecule has 4 aromatic carbocycles. The molecule has 364 valence electrons. The molecule has 6 rings (SSSR count). The van der Waals surface area contributed by atoms with Crippen molar-refractivity contribution >= 4 is 95.2 Å². The number of allylic oxidation sites excluding steroid dienone is 4. The summed E-state index contributed by atoms with van der Waals surface area (Å²) in [5.74, 6) is -1.68. The first-order valence-electron chi connectivity index (χ1n) is 20.4. The molecule has 0 saturated carbocycles. The van der Waals surface area contributed by atoms with Gasteiger partial charge < -0.3 is 14.7 Å². The van der Waals surface area contributed by atoms with Crippen molar-refractivity contribution in [2.24, 2.45) is 0 Å². The van der Waals surface area contributed by atoms with Crippen LogP contribution in [-0.4, -0.2) is 119 Å². The summed E-state index contributed by atoms with van der Waals surface area (Å²) in [6.07, 6.45) is 6.01. The Morgan fingerprint density at radius 1 is 0.701 bits per heavy atom. The van der Waals surface area contributed by atoms with Gasteiger partial charge in [0.05, 0.1) is 27.6 Å². The Bertz CT molecular complexity index is 3400. The molecule has 6 N–H and O–H groups in total. The van der Waals surface area contributed by atoms with Crippen LogP contribution in [0, 0.1) is 0 Å².